The molecular weight excluding hydrogens is 288 g/mol. The van der Waals surface area contributed by atoms with Gasteiger partial charge in [0.2, 0.25) is 0 Å². The van der Waals surface area contributed by atoms with E-state index in [2.05, 4.69) is 20.2 Å². The van der Waals surface area contributed by atoms with Gasteiger partial charge >= 0.3 is 0 Å². The third-order valence-corrected chi connectivity index (χ3v) is 4.07. The summed E-state index contributed by atoms with van der Waals surface area (Å²) in [4.78, 5) is 21.6. The highest BCUT2D eigenvalue weighted by molar-refractivity contribution is 6.31. The van der Waals surface area contributed by atoms with Gasteiger partial charge in [-0.2, -0.15) is 0 Å². The monoisotopic (exact) mass is 306 g/mol. The molecule has 1 saturated heterocycles. The lowest BCUT2D eigenvalue weighted by molar-refractivity contribution is 0.287. The number of aromatic nitrogens is 2. The maximum absolute atomic E-state index is 12.1. The predicted octanol–water partition coefficient (Wildman–Crippen LogP) is 1.76. The second-order valence-corrected chi connectivity index (χ2v) is 6.10. The number of halogens is 1. The Morgan fingerprint density at radius 1 is 1.48 bits per heavy atom. The van der Waals surface area contributed by atoms with Gasteiger partial charge in [-0.25, -0.2) is 4.98 Å². The van der Waals surface area contributed by atoms with Gasteiger partial charge in [-0.1, -0.05) is 11.6 Å². The van der Waals surface area contributed by atoms with E-state index in [-0.39, 0.29) is 5.56 Å². The average Bonchev–Trinajstić information content (AvgIpc) is 2.92. The maximum Gasteiger partial charge on any atom is 0.258 e. The SMILES string of the molecule is CN(Cc1nc2ccc(Cl)cc2c(=O)[nH]1)CC1CCCN1. The van der Waals surface area contributed by atoms with Crippen LogP contribution in [0.2, 0.25) is 5.02 Å². The molecule has 0 spiro atoms. The highest BCUT2D eigenvalue weighted by atomic mass is 35.5. The molecule has 1 aliphatic rings. The first-order valence-corrected chi connectivity index (χ1v) is 7.60. The second kappa shape index (κ2) is 6.13. The molecule has 0 radical (unpaired) electrons. The van der Waals surface area contributed by atoms with Crippen molar-refractivity contribution < 1.29 is 0 Å². The quantitative estimate of drug-likeness (QED) is 0.903. The fraction of sp³-hybridized carbons (Fsp3) is 0.467. The van der Waals surface area contributed by atoms with Crippen LogP contribution in [0.15, 0.2) is 23.0 Å². The van der Waals surface area contributed by atoms with Crippen molar-refractivity contribution in [1.82, 2.24) is 20.2 Å². The van der Waals surface area contributed by atoms with Gasteiger partial charge in [0, 0.05) is 17.6 Å². The summed E-state index contributed by atoms with van der Waals surface area (Å²) in [5.41, 5.74) is 0.551. The Morgan fingerprint density at radius 3 is 3.10 bits per heavy atom. The molecular formula is C15H19ClN4O. The van der Waals surface area contributed by atoms with E-state index >= 15 is 0 Å². The lowest BCUT2D eigenvalue weighted by atomic mass is 10.2. The minimum Gasteiger partial charge on any atom is -0.313 e. The minimum atomic E-state index is -0.134. The van der Waals surface area contributed by atoms with Gasteiger partial charge in [0.15, 0.2) is 0 Å². The number of rotatable bonds is 4. The highest BCUT2D eigenvalue weighted by Crippen LogP contribution is 2.15. The zero-order valence-corrected chi connectivity index (χ0v) is 12.8. The molecule has 1 aromatic carbocycles. The van der Waals surface area contributed by atoms with Crippen LogP contribution in [-0.4, -0.2) is 41.0 Å². The van der Waals surface area contributed by atoms with Crippen LogP contribution in [0.4, 0.5) is 0 Å². The van der Waals surface area contributed by atoms with Crippen LogP contribution in [0.25, 0.3) is 10.9 Å². The summed E-state index contributed by atoms with van der Waals surface area (Å²) in [5.74, 6) is 0.690. The Balaban J connectivity index is 1.77. The molecule has 3 rings (SSSR count). The number of nitrogens with one attached hydrogen (secondary N) is 2. The Morgan fingerprint density at radius 2 is 2.33 bits per heavy atom. The Hall–Kier alpha value is -1.43. The highest BCUT2D eigenvalue weighted by Gasteiger charge is 2.16. The van der Waals surface area contributed by atoms with Gasteiger partial charge in [0.1, 0.15) is 5.82 Å². The van der Waals surface area contributed by atoms with Gasteiger partial charge in [-0.15, -0.1) is 0 Å². The summed E-state index contributed by atoms with van der Waals surface area (Å²) in [6, 6.07) is 5.74. The van der Waals surface area contributed by atoms with Crippen molar-refractivity contribution in [2.45, 2.75) is 25.4 Å². The van der Waals surface area contributed by atoms with E-state index in [0.717, 1.165) is 13.1 Å². The predicted molar refractivity (Wildman–Crippen MR) is 84.7 cm³/mol. The molecule has 6 heteroatoms. The van der Waals surface area contributed by atoms with Crippen molar-refractivity contribution in [3.8, 4) is 0 Å². The first-order chi connectivity index (χ1) is 10.1. The summed E-state index contributed by atoms with van der Waals surface area (Å²) in [5, 5.41) is 4.55. The van der Waals surface area contributed by atoms with Gasteiger partial charge in [0.05, 0.1) is 17.4 Å². The molecule has 2 heterocycles. The third kappa shape index (κ3) is 3.43. The molecule has 1 atom stereocenters. The Bertz CT molecular complexity index is 694. The second-order valence-electron chi connectivity index (χ2n) is 5.66. The molecule has 1 fully saturated rings. The van der Waals surface area contributed by atoms with Crippen molar-refractivity contribution in [3.63, 3.8) is 0 Å². The Labute approximate surface area is 128 Å². The molecule has 1 aliphatic heterocycles. The van der Waals surface area contributed by atoms with Crippen LogP contribution in [0.1, 0.15) is 18.7 Å². The van der Waals surface area contributed by atoms with Crippen LogP contribution in [0.5, 0.6) is 0 Å². The number of fused-ring (bicyclic) bond motifs is 1. The third-order valence-electron chi connectivity index (χ3n) is 3.83. The summed E-state index contributed by atoms with van der Waals surface area (Å²) < 4.78 is 0. The fourth-order valence-electron chi connectivity index (χ4n) is 2.84. The number of hydrogen-bond acceptors (Lipinski definition) is 4. The van der Waals surface area contributed by atoms with Crippen molar-refractivity contribution >= 4 is 22.5 Å². The molecule has 0 bridgehead atoms. The molecule has 5 nitrogen and oxygen atoms in total. The summed E-state index contributed by atoms with van der Waals surface area (Å²) in [6.45, 7) is 2.69. The van der Waals surface area contributed by atoms with E-state index in [1.54, 1.807) is 18.2 Å². The molecule has 2 N–H and O–H groups in total. The van der Waals surface area contributed by atoms with Crippen molar-refractivity contribution in [2.75, 3.05) is 20.1 Å². The van der Waals surface area contributed by atoms with Crippen LogP contribution < -0.4 is 10.9 Å². The molecule has 0 aliphatic carbocycles. The first-order valence-electron chi connectivity index (χ1n) is 7.22. The van der Waals surface area contributed by atoms with Gasteiger partial charge in [-0.05, 0) is 44.6 Å². The van der Waals surface area contributed by atoms with Crippen molar-refractivity contribution in [1.29, 1.82) is 0 Å². The molecule has 112 valence electrons. The first kappa shape index (κ1) is 14.5. The van der Waals surface area contributed by atoms with Crippen LogP contribution in [-0.2, 0) is 6.54 Å². The number of benzene rings is 1. The van der Waals surface area contributed by atoms with Crippen LogP contribution in [0.3, 0.4) is 0 Å². The van der Waals surface area contributed by atoms with Crippen LogP contribution >= 0.6 is 11.6 Å². The van der Waals surface area contributed by atoms with Gasteiger partial charge < -0.3 is 10.3 Å². The van der Waals surface area contributed by atoms with Crippen molar-refractivity contribution in [2.24, 2.45) is 0 Å². The number of aromatic amines is 1. The molecule has 1 unspecified atom stereocenters. The number of hydrogen-bond donors (Lipinski definition) is 2. The number of H-pyrrole nitrogens is 1. The molecule has 1 aromatic heterocycles. The van der Waals surface area contributed by atoms with E-state index in [1.807, 2.05) is 7.05 Å². The normalized spacial score (nSPS) is 18.7. The summed E-state index contributed by atoms with van der Waals surface area (Å²) in [6.07, 6.45) is 2.45. The standard InChI is InChI=1S/C15H19ClN4O/c1-20(8-11-3-2-6-17-11)9-14-18-13-5-4-10(16)7-12(13)15(21)19-14/h4-5,7,11,17H,2-3,6,8-9H2,1H3,(H,18,19,21). The maximum atomic E-state index is 12.1. The smallest absolute Gasteiger partial charge is 0.258 e. The van der Waals surface area contributed by atoms with E-state index in [9.17, 15) is 4.79 Å². The van der Waals surface area contributed by atoms with E-state index in [4.69, 9.17) is 11.6 Å². The zero-order valence-electron chi connectivity index (χ0n) is 12.0. The number of nitrogens with zero attached hydrogens (tertiary/aromatic N) is 2. The minimum absolute atomic E-state index is 0.134. The Kier molecular flexibility index (Phi) is 4.24. The van der Waals surface area contributed by atoms with Crippen molar-refractivity contribution in [3.05, 3.63) is 39.4 Å². The fourth-order valence-corrected chi connectivity index (χ4v) is 3.02. The van der Waals surface area contributed by atoms with Crippen LogP contribution in [0, 0.1) is 0 Å². The van der Waals surface area contributed by atoms with Gasteiger partial charge in [-0.3, -0.25) is 9.69 Å². The van der Waals surface area contributed by atoms with Gasteiger partial charge in [0.25, 0.3) is 5.56 Å². The van der Waals surface area contributed by atoms with E-state index in [0.29, 0.717) is 34.3 Å². The summed E-state index contributed by atoms with van der Waals surface area (Å²) >= 11 is 5.91. The average molecular weight is 307 g/mol. The molecule has 21 heavy (non-hydrogen) atoms. The van der Waals surface area contributed by atoms with E-state index in [1.165, 1.54) is 12.8 Å². The topological polar surface area (TPSA) is 61.0 Å². The number of likely N-dealkylation sites (N-methyl/N-ethyl adjacent to an activating group) is 1. The molecule has 2 aromatic rings. The van der Waals surface area contributed by atoms with E-state index < -0.39 is 0 Å². The largest absolute Gasteiger partial charge is 0.313 e. The summed E-state index contributed by atoms with van der Waals surface area (Å²) in [7, 11) is 2.05. The lowest BCUT2D eigenvalue weighted by Gasteiger charge is -2.20. The lowest BCUT2D eigenvalue weighted by Crippen LogP contribution is -2.35. The molecule has 0 amide bonds. The molecule has 0 saturated carbocycles. The zero-order chi connectivity index (χ0) is 14.8.